The number of benzene rings is 1. The molecule has 3 nitrogen and oxygen atoms in total. The van der Waals surface area contributed by atoms with Crippen LogP contribution in [-0.2, 0) is 0 Å². The Morgan fingerprint density at radius 2 is 2.18 bits per heavy atom. The molecule has 6 heteroatoms. The third-order valence-corrected chi connectivity index (χ3v) is 3.92. The first-order chi connectivity index (χ1) is 7.47. The predicted molar refractivity (Wildman–Crippen MR) is 84.7 cm³/mol. The maximum Gasteiger partial charge on any atom is 0.254 e. The molecule has 0 aliphatic carbocycles. The number of likely N-dealkylation sites (N-methyl/N-ethyl adjacent to an activating group) is 1. The summed E-state index contributed by atoms with van der Waals surface area (Å²) in [5.41, 5.74) is 6.26. The minimum atomic E-state index is 0. The van der Waals surface area contributed by atoms with Gasteiger partial charge in [0.2, 0.25) is 0 Å². The monoisotopic (exact) mass is 432 g/mol. The number of nitrogens with zero attached hydrogens (tertiary/aromatic N) is 1. The van der Waals surface area contributed by atoms with Crippen LogP contribution in [0.25, 0.3) is 0 Å². The number of carbonyl (C=O) groups excluding carboxylic acids is 1. The molecule has 0 radical (unpaired) electrons. The number of hydrogen-bond donors (Lipinski definition) is 1. The fourth-order valence-corrected chi connectivity index (χ4v) is 2.14. The minimum absolute atomic E-state index is 0. The first-order valence-corrected chi connectivity index (χ1v) is 6.76. The van der Waals surface area contributed by atoms with Gasteiger partial charge >= 0.3 is 0 Å². The average molecular weight is 434 g/mol. The Bertz CT molecular complexity index is 403. The average Bonchev–Trinajstić information content (AvgIpc) is 2.29. The number of carbonyl (C=O) groups is 1. The van der Waals surface area contributed by atoms with E-state index in [1.807, 2.05) is 25.1 Å². The van der Waals surface area contributed by atoms with E-state index in [0.29, 0.717) is 12.1 Å². The number of amides is 1. The molecule has 0 aliphatic rings. The molecular weight excluding hydrogens is 418 g/mol. The molecule has 1 aromatic carbocycles. The summed E-state index contributed by atoms with van der Waals surface area (Å²) in [6, 6.07) is 5.72. The summed E-state index contributed by atoms with van der Waals surface area (Å²) in [5, 5.41) is 0. The van der Waals surface area contributed by atoms with Crippen LogP contribution in [0.5, 0.6) is 0 Å². The maximum atomic E-state index is 12.2. The summed E-state index contributed by atoms with van der Waals surface area (Å²) in [5.74, 6) is 0.00338. The molecule has 0 spiro atoms. The Labute approximate surface area is 130 Å². The Hall–Kier alpha value is 0.150. The van der Waals surface area contributed by atoms with Crippen LogP contribution in [0.2, 0.25) is 0 Å². The van der Waals surface area contributed by atoms with Crippen LogP contribution in [0.15, 0.2) is 22.7 Å². The zero-order chi connectivity index (χ0) is 12.3. The molecule has 96 valence electrons. The van der Waals surface area contributed by atoms with Gasteiger partial charge in [-0.05, 0) is 47.7 Å². The van der Waals surface area contributed by atoms with Gasteiger partial charge in [0.1, 0.15) is 0 Å². The summed E-state index contributed by atoms with van der Waals surface area (Å²) in [4.78, 5) is 13.8. The van der Waals surface area contributed by atoms with Crippen molar-refractivity contribution < 1.29 is 4.79 Å². The summed E-state index contributed by atoms with van der Waals surface area (Å²) in [6.45, 7) is 2.40. The van der Waals surface area contributed by atoms with Gasteiger partial charge in [-0.3, -0.25) is 4.79 Å². The smallest absolute Gasteiger partial charge is 0.254 e. The molecule has 1 amide bonds. The Kier molecular flexibility index (Phi) is 7.62. The van der Waals surface area contributed by atoms with Crippen LogP contribution >= 0.6 is 50.9 Å². The van der Waals surface area contributed by atoms with Crippen molar-refractivity contribution >= 4 is 56.8 Å². The van der Waals surface area contributed by atoms with Gasteiger partial charge in [0.25, 0.3) is 5.91 Å². The minimum Gasteiger partial charge on any atom is -0.338 e. The molecule has 0 saturated carbocycles. The van der Waals surface area contributed by atoms with E-state index in [0.717, 1.165) is 8.04 Å². The molecule has 0 bridgehead atoms. The number of nitrogens with two attached hydrogens (primary N) is 1. The molecule has 1 aromatic rings. The van der Waals surface area contributed by atoms with E-state index in [1.165, 1.54) is 0 Å². The molecule has 1 rings (SSSR count). The Morgan fingerprint density at radius 3 is 2.71 bits per heavy atom. The van der Waals surface area contributed by atoms with Crippen LogP contribution in [0.3, 0.4) is 0 Å². The molecule has 2 N–H and O–H groups in total. The molecule has 0 heterocycles. The number of halogens is 3. The van der Waals surface area contributed by atoms with Crippen molar-refractivity contribution in [2.24, 2.45) is 5.73 Å². The van der Waals surface area contributed by atoms with E-state index in [2.05, 4.69) is 38.5 Å². The molecule has 0 fully saturated rings. The molecule has 1 atom stereocenters. The second-order valence-electron chi connectivity index (χ2n) is 3.62. The van der Waals surface area contributed by atoms with Crippen molar-refractivity contribution in [3.05, 3.63) is 31.8 Å². The lowest BCUT2D eigenvalue weighted by atomic mass is 10.2. The zero-order valence-corrected chi connectivity index (χ0v) is 14.2. The first kappa shape index (κ1) is 17.2. The van der Waals surface area contributed by atoms with Gasteiger partial charge in [-0.1, -0.05) is 15.9 Å². The van der Waals surface area contributed by atoms with Gasteiger partial charge in [-0.2, -0.15) is 0 Å². The van der Waals surface area contributed by atoms with Crippen LogP contribution in [0, 0.1) is 3.57 Å². The van der Waals surface area contributed by atoms with Crippen molar-refractivity contribution in [1.29, 1.82) is 0 Å². The fraction of sp³-hybridized carbons (Fsp3) is 0.364. The van der Waals surface area contributed by atoms with Gasteiger partial charge in [-0.25, -0.2) is 0 Å². The highest BCUT2D eigenvalue weighted by atomic mass is 127. The van der Waals surface area contributed by atoms with E-state index >= 15 is 0 Å². The van der Waals surface area contributed by atoms with Crippen molar-refractivity contribution in [2.45, 2.75) is 13.0 Å². The normalized spacial score (nSPS) is 11.6. The molecular formula is C11H15BrClIN2O. The Morgan fingerprint density at radius 1 is 1.59 bits per heavy atom. The quantitative estimate of drug-likeness (QED) is 0.746. The van der Waals surface area contributed by atoms with Crippen LogP contribution in [0.4, 0.5) is 0 Å². The summed E-state index contributed by atoms with van der Waals surface area (Å²) in [6.07, 6.45) is 0. The zero-order valence-electron chi connectivity index (χ0n) is 9.61. The molecule has 1 unspecified atom stereocenters. The van der Waals surface area contributed by atoms with E-state index in [9.17, 15) is 4.79 Å². The molecule has 17 heavy (non-hydrogen) atoms. The third-order valence-electron chi connectivity index (χ3n) is 2.48. The van der Waals surface area contributed by atoms with Gasteiger partial charge in [0.15, 0.2) is 0 Å². The predicted octanol–water partition coefficient (Wildman–Crippen LogP) is 2.89. The number of hydrogen-bond acceptors (Lipinski definition) is 2. The summed E-state index contributed by atoms with van der Waals surface area (Å²) >= 11 is 5.53. The van der Waals surface area contributed by atoms with Gasteiger partial charge in [0, 0.05) is 27.7 Å². The van der Waals surface area contributed by atoms with Crippen LogP contribution in [-0.4, -0.2) is 30.4 Å². The van der Waals surface area contributed by atoms with Gasteiger partial charge in [-0.15, -0.1) is 12.4 Å². The molecule has 0 aromatic heterocycles. The standard InChI is InChI=1S/C11H14BrIN2O.ClH/c1-7(6-14)15(2)11(16)9-5-8(12)3-4-10(9)13;/h3-5,7H,6,14H2,1-2H3;1H. The van der Waals surface area contributed by atoms with E-state index < -0.39 is 0 Å². The first-order valence-electron chi connectivity index (χ1n) is 4.89. The van der Waals surface area contributed by atoms with E-state index in [-0.39, 0.29) is 24.4 Å². The van der Waals surface area contributed by atoms with Crippen LogP contribution in [0.1, 0.15) is 17.3 Å². The second-order valence-corrected chi connectivity index (χ2v) is 5.70. The van der Waals surface area contributed by atoms with Crippen molar-refractivity contribution in [2.75, 3.05) is 13.6 Å². The maximum absolute atomic E-state index is 12.2. The van der Waals surface area contributed by atoms with E-state index in [1.54, 1.807) is 11.9 Å². The van der Waals surface area contributed by atoms with Gasteiger partial charge in [0.05, 0.1) is 5.56 Å². The van der Waals surface area contributed by atoms with Crippen molar-refractivity contribution in [3.63, 3.8) is 0 Å². The molecule has 0 aliphatic heterocycles. The second kappa shape index (κ2) is 7.56. The highest BCUT2D eigenvalue weighted by Crippen LogP contribution is 2.20. The van der Waals surface area contributed by atoms with Crippen molar-refractivity contribution in [3.8, 4) is 0 Å². The summed E-state index contributed by atoms with van der Waals surface area (Å²) in [7, 11) is 1.77. The highest BCUT2D eigenvalue weighted by molar-refractivity contribution is 14.1. The SMILES string of the molecule is CC(CN)N(C)C(=O)c1cc(Br)ccc1I.Cl. The highest BCUT2D eigenvalue weighted by Gasteiger charge is 2.18. The lowest BCUT2D eigenvalue weighted by Crippen LogP contribution is -2.40. The summed E-state index contributed by atoms with van der Waals surface area (Å²) < 4.78 is 1.85. The van der Waals surface area contributed by atoms with Gasteiger partial charge < -0.3 is 10.6 Å². The third kappa shape index (κ3) is 4.39. The molecule has 0 saturated heterocycles. The largest absolute Gasteiger partial charge is 0.338 e. The Balaban J connectivity index is 0.00000256. The van der Waals surface area contributed by atoms with Crippen molar-refractivity contribution in [1.82, 2.24) is 4.90 Å². The van der Waals surface area contributed by atoms with E-state index in [4.69, 9.17) is 5.73 Å². The van der Waals surface area contributed by atoms with Crippen LogP contribution < -0.4 is 5.73 Å². The lowest BCUT2D eigenvalue weighted by Gasteiger charge is -2.24. The lowest BCUT2D eigenvalue weighted by molar-refractivity contribution is 0.0747. The number of rotatable bonds is 3. The fourth-order valence-electron chi connectivity index (χ4n) is 1.21. The topological polar surface area (TPSA) is 46.3 Å².